The maximum absolute atomic E-state index is 12.4. The fourth-order valence-electron chi connectivity index (χ4n) is 2.97. The van der Waals surface area contributed by atoms with Gasteiger partial charge in [0.15, 0.2) is 11.5 Å². The average molecular weight is 362 g/mol. The average Bonchev–Trinajstić information content (AvgIpc) is 3.08. The van der Waals surface area contributed by atoms with Gasteiger partial charge in [-0.05, 0) is 38.1 Å². The summed E-state index contributed by atoms with van der Waals surface area (Å²) in [6.07, 6.45) is 1.34. The highest BCUT2D eigenvalue weighted by Gasteiger charge is 2.26. The van der Waals surface area contributed by atoms with E-state index < -0.39 is 0 Å². The molecule has 0 aromatic heterocycles. The first kappa shape index (κ1) is 18.0. The highest BCUT2D eigenvalue weighted by atomic mass is 16.7. The Morgan fingerprint density at radius 1 is 1.12 bits per heavy atom. The zero-order valence-electron chi connectivity index (χ0n) is 14.5. The van der Waals surface area contributed by atoms with Crippen LogP contribution in [0.1, 0.15) is 19.8 Å². The van der Waals surface area contributed by atoms with Gasteiger partial charge in [0.2, 0.25) is 18.6 Å². The van der Waals surface area contributed by atoms with E-state index in [0.29, 0.717) is 43.1 Å². The summed E-state index contributed by atoms with van der Waals surface area (Å²) in [5.74, 6) is 0.568. The minimum Gasteiger partial charge on any atom is -0.454 e. The number of rotatable bonds is 4. The molecule has 1 fully saturated rings. The summed E-state index contributed by atoms with van der Waals surface area (Å²) in [6, 6.07) is 5.31. The minimum absolute atomic E-state index is 0.0359. The molecule has 2 aliphatic heterocycles. The molecule has 9 heteroatoms. The number of amides is 3. The van der Waals surface area contributed by atoms with Crippen molar-refractivity contribution < 1.29 is 23.9 Å². The Morgan fingerprint density at radius 2 is 1.85 bits per heavy atom. The summed E-state index contributed by atoms with van der Waals surface area (Å²) >= 11 is 0. The van der Waals surface area contributed by atoms with Crippen LogP contribution >= 0.6 is 0 Å². The molecule has 2 aliphatic rings. The Morgan fingerprint density at radius 3 is 2.58 bits per heavy atom. The molecular weight excluding hydrogens is 340 g/mol. The number of fused-ring (bicyclic) bond motifs is 1. The van der Waals surface area contributed by atoms with Crippen LogP contribution in [0.2, 0.25) is 0 Å². The molecule has 0 spiro atoms. The van der Waals surface area contributed by atoms with Gasteiger partial charge in [-0.15, -0.1) is 0 Å². The second-order valence-electron chi connectivity index (χ2n) is 6.34. The SMILES string of the molecule is CC(=O)NNC(=O)CN1CCC(C(=O)Nc2ccc3c(c2)OCO3)CC1. The summed E-state index contributed by atoms with van der Waals surface area (Å²) in [4.78, 5) is 36.9. The van der Waals surface area contributed by atoms with Gasteiger partial charge in [-0.1, -0.05) is 0 Å². The van der Waals surface area contributed by atoms with E-state index in [1.54, 1.807) is 18.2 Å². The van der Waals surface area contributed by atoms with Crippen LogP contribution in [0, 0.1) is 5.92 Å². The molecule has 0 radical (unpaired) electrons. The third kappa shape index (κ3) is 4.63. The number of anilines is 1. The van der Waals surface area contributed by atoms with Crippen molar-refractivity contribution in [2.45, 2.75) is 19.8 Å². The summed E-state index contributed by atoms with van der Waals surface area (Å²) in [6.45, 7) is 3.00. The molecule has 3 rings (SSSR count). The van der Waals surface area contributed by atoms with E-state index in [1.807, 2.05) is 4.90 Å². The lowest BCUT2D eigenvalue weighted by molar-refractivity contribution is -0.129. The number of ether oxygens (including phenoxy) is 2. The molecule has 0 unspecified atom stereocenters. The Balaban J connectivity index is 1.43. The second kappa shape index (κ2) is 8.05. The van der Waals surface area contributed by atoms with Gasteiger partial charge in [-0.2, -0.15) is 0 Å². The fraction of sp³-hybridized carbons (Fsp3) is 0.471. The lowest BCUT2D eigenvalue weighted by Gasteiger charge is -2.30. The van der Waals surface area contributed by atoms with Crippen LogP contribution in [-0.4, -0.2) is 49.0 Å². The van der Waals surface area contributed by atoms with Crippen LogP contribution in [0.25, 0.3) is 0 Å². The highest BCUT2D eigenvalue weighted by molar-refractivity contribution is 5.93. The molecule has 0 saturated carbocycles. The van der Waals surface area contributed by atoms with E-state index in [0.717, 1.165) is 0 Å². The van der Waals surface area contributed by atoms with E-state index in [-0.39, 0.29) is 37.0 Å². The molecule has 0 aliphatic carbocycles. The maximum Gasteiger partial charge on any atom is 0.252 e. The first-order valence-corrected chi connectivity index (χ1v) is 8.49. The van der Waals surface area contributed by atoms with Gasteiger partial charge in [-0.25, -0.2) is 0 Å². The molecule has 0 atom stereocenters. The first-order valence-electron chi connectivity index (χ1n) is 8.49. The lowest BCUT2D eigenvalue weighted by atomic mass is 9.96. The quantitative estimate of drug-likeness (QED) is 0.662. The molecule has 140 valence electrons. The number of likely N-dealkylation sites (tertiary alicyclic amines) is 1. The molecule has 1 aromatic carbocycles. The van der Waals surface area contributed by atoms with Crippen molar-refractivity contribution in [3.05, 3.63) is 18.2 Å². The van der Waals surface area contributed by atoms with Crippen LogP contribution < -0.4 is 25.6 Å². The van der Waals surface area contributed by atoms with E-state index in [1.165, 1.54) is 6.92 Å². The number of hydrogen-bond acceptors (Lipinski definition) is 6. The van der Waals surface area contributed by atoms with Crippen LogP contribution in [-0.2, 0) is 14.4 Å². The van der Waals surface area contributed by atoms with Crippen LogP contribution in [0.15, 0.2) is 18.2 Å². The number of hydrogen-bond donors (Lipinski definition) is 3. The topological polar surface area (TPSA) is 109 Å². The van der Waals surface area contributed by atoms with E-state index in [2.05, 4.69) is 16.2 Å². The third-order valence-corrected chi connectivity index (χ3v) is 4.34. The van der Waals surface area contributed by atoms with Gasteiger partial charge in [0.05, 0.1) is 6.54 Å². The monoisotopic (exact) mass is 362 g/mol. The number of hydrazine groups is 1. The van der Waals surface area contributed by atoms with Crippen LogP contribution in [0.4, 0.5) is 5.69 Å². The molecule has 1 aromatic rings. The molecule has 3 N–H and O–H groups in total. The molecule has 0 bridgehead atoms. The summed E-state index contributed by atoms with van der Waals surface area (Å²) in [5.41, 5.74) is 5.27. The van der Waals surface area contributed by atoms with Crippen LogP contribution in [0.5, 0.6) is 11.5 Å². The minimum atomic E-state index is -0.322. The number of nitrogens with one attached hydrogen (secondary N) is 3. The number of benzene rings is 1. The van der Waals surface area contributed by atoms with Crippen molar-refractivity contribution in [3.63, 3.8) is 0 Å². The Labute approximate surface area is 151 Å². The van der Waals surface area contributed by atoms with E-state index in [9.17, 15) is 14.4 Å². The number of carbonyl (C=O) groups is 3. The van der Waals surface area contributed by atoms with Crippen molar-refractivity contribution in [1.29, 1.82) is 0 Å². The number of nitrogens with zero attached hydrogens (tertiary/aromatic N) is 1. The maximum atomic E-state index is 12.4. The van der Waals surface area contributed by atoms with Crippen molar-refractivity contribution in [2.75, 3.05) is 31.7 Å². The van der Waals surface area contributed by atoms with Gasteiger partial charge in [-0.3, -0.25) is 30.1 Å². The Kier molecular flexibility index (Phi) is 5.57. The molecule has 1 saturated heterocycles. The van der Waals surface area contributed by atoms with Gasteiger partial charge in [0, 0.05) is 24.6 Å². The van der Waals surface area contributed by atoms with Crippen molar-refractivity contribution >= 4 is 23.4 Å². The standard InChI is InChI=1S/C17H22N4O5/c1-11(22)19-20-16(23)9-21-6-4-12(5-7-21)17(24)18-13-2-3-14-15(8-13)26-10-25-14/h2-3,8,12H,4-7,9-10H2,1H3,(H,18,24)(H,19,22)(H,20,23). The normalized spacial score (nSPS) is 16.8. The van der Waals surface area contributed by atoms with Crippen molar-refractivity contribution in [1.82, 2.24) is 15.8 Å². The van der Waals surface area contributed by atoms with E-state index in [4.69, 9.17) is 9.47 Å². The zero-order valence-corrected chi connectivity index (χ0v) is 14.5. The van der Waals surface area contributed by atoms with Gasteiger partial charge < -0.3 is 14.8 Å². The van der Waals surface area contributed by atoms with Crippen molar-refractivity contribution in [3.8, 4) is 11.5 Å². The highest BCUT2D eigenvalue weighted by Crippen LogP contribution is 2.34. The van der Waals surface area contributed by atoms with E-state index >= 15 is 0 Å². The predicted molar refractivity (Wildman–Crippen MR) is 92.3 cm³/mol. The number of carbonyl (C=O) groups excluding carboxylic acids is 3. The first-order chi connectivity index (χ1) is 12.5. The zero-order chi connectivity index (χ0) is 18.5. The molecule has 9 nitrogen and oxygen atoms in total. The Bertz CT molecular complexity index is 700. The van der Waals surface area contributed by atoms with Crippen molar-refractivity contribution in [2.24, 2.45) is 5.92 Å². The summed E-state index contributed by atoms with van der Waals surface area (Å²) in [5, 5.41) is 2.91. The molecule has 2 heterocycles. The van der Waals surface area contributed by atoms with Gasteiger partial charge >= 0.3 is 0 Å². The van der Waals surface area contributed by atoms with Gasteiger partial charge in [0.25, 0.3) is 5.91 Å². The molecule has 3 amide bonds. The molecular formula is C17H22N4O5. The lowest BCUT2D eigenvalue weighted by Crippen LogP contribution is -2.48. The third-order valence-electron chi connectivity index (χ3n) is 4.34. The van der Waals surface area contributed by atoms with Crippen LogP contribution in [0.3, 0.4) is 0 Å². The summed E-state index contributed by atoms with van der Waals surface area (Å²) in [7, 11) is 0. The Hall–Kier alpha value is -2.81. The van der Waals surface area contributed by atoms with Gasteiger partial charge in [0.1, 0.15) is 0 Å². The number of piperidine rings is 1. The summed E-state index contributed by atoms with van der Waals surface area (Å²) < 4.78 is 10.6. The smallest absolute Gasteiger partial charge is 0.252 e. The second-order valence-corrected chi connectivity index (χ2v) is 6.34. The largest absolute Gasteiger partial charge is 0.454 e. The fourth-order valence-corrected chi connectivity index (χ4v) is 2.97. The molecule has 26 heavy (non-hydrogen) atoms. The predicted octanol–water partition coefficient (Wildman–Crippen LogP) is 0.233.